The summed E-state index contributed by atoms with van der Waals surface area (Å²) in [5.41, 5.74) is 3.51. The molecule has 1 amide bonds. The number of nitrogens with zero attached hydrogens (tertiary/aromatic N) is 4. The molecule has 3 aromatic rings. The number of aromatic nitrogens is 3. The summed E-state index contributed by atoms with van der Waals surface area (Å²) in [5.74, 6) is 0.614. The third kappa shape index (κ3) is 3.82. The summed E-state index contributed by atoms with van der Waals surface area (Å²) in [4.78, 5) is 23.8. The van der Waals surface area contributed by atoms with Gasteiger partial charge in [0.1, 0.15) is 16.5 Å². The molecule has 4 rings (SSSR count). The molecule has 1 aliphatic heterocycles. The summed E-state index contributed by atoms with van der Waals surface area (Å²) in [6.07, 6.45) is 0.367. The van der Waals surface area contributed by atoms with Gasteiger partial charge in [0, 0.05) is 31.6 Å². The van der Waals surface area contributed by atoms with Gasteiger partial charge in [-0.1, -0.05) is 34.8 Å². The summed E-state index contributed by atoms with van der Waals surface area (Å²) < 4.78 is 7.20. The number of aryl methyl sites for hydroxylation is 2. The van der Waals surface area contributed by atoms with E-state index in [1.54, 1.807) is 23.1 Å². The first kappa shape index (κ1) is 20.4. The van der Waals surface area contributed by atoms with Crippen LogP contribution < -0.4 is 0 Å². The first-order chi connectivity index (χ1) is 13.9. The molecule has 0 bridgehead atoms. The number of hydrogen-bond acceptors (Lipinski definition) is 4. The molecular weight excluding hydrogens is 435 g/mol. The van der Waals surface area contributed by atoms with Gasteiger partial charge in [-0.15, -0.1) is 0 Å². The lowest BCUT2D eigenvalue weighted by Gasteiger charge is -2.27. The molecule has 2 aromatic heterocycles. The fourth-order valence-electron chi connectivity index (χ4n) is 3.49. The Bertz CT molecular complexity index is 1110. The zero-order chi connectivity index (χ0) is 20.7. The Morgan fingerprint density at radius 2 is 1.90 bits per heavy atom. The Morgan fingerprint density at radius 1 is 1.17 bits per heavy atom. The van der Waals surface area contributed by atoms with Crippen molar-refractivity contribution in [2.24, 2.45) is 7.05 Å². The van der Waals surface area contributed by atoms with Crippen molar-refractivity contribution >= 4 is 51.9 Å². The minimum absolute atomic E-state index is 0.120. The van der Waals surface area contributed by atoms with Crippen LogP contribution in [0.25, 0.3) is 11.2 Å². The number of pyridine rings is 1. The Hall–Kier alpha value is -1.86. The fourth-order valence-corrected chi connectivity index (χ4v) is 4.31. The number of carbonyl (C=O) groups excluding carboxylic acids is 1. The molecular formula is C20H19Cl3N4O2. The third-order valence-corrected chi connectivity index (χ3v) is 6.11. The quantitative estimate of drug-likeness (QED) is 0.555. The lowest BCUT2D eigenvalue weighted by molar-refractivity contribution is 0.0303. The summed E-state index contributed by atoms with van der Waals surface area (Å²) in [6.45, 7) is 4.08. The van der Waals surface area contributed by atoms with Gasteiger partial charge in [-0.2, -0.15) is 0 Å². The molecule has 6 nitrogen and oxygen atoms in total. The van der Waals surface area contributed by atoms with Crippen LogP contribution >= 0.6 is 34.8 Å². The second kappa shape index (κ2) is 8.11. The second-order valence-electron chi connectivity index (χ2n) is 6.99. The number of amides is 1. The topological polar surface area (TPSA) is 60.3 Å². The molecule has 0 unspecified atom stereocenters. The van der Waals surface area contributed by atoms with E-state index in [0.29, 0.717) is 64.7 Å². The van der Waals surface area contributed by atoms with Crippen LogP contribution in [-0.2, 0) is 18.2 Å². The Kier molecular flexibility index (Phi) is 5.71. The van der Waals surface area contributed by atoms with E-state index in [0.717, 1.165) is 16.9 Å². The smallest absolute Gasteiger partial charge is 0.255 e. The maximum Gasteiger partial charge on any atom is 0.255 e. The SMILES string of the molecule is Cc1cc(Cl)nc2c1nc(Cc1c(Cl)ccc(C(=O)N3CCOCC3)c1Cl)n2C. The number of fused-ring (bicyclic) bond motifs is 1. The van der Waals surface area contributed by atoms with Crippen LogP contribution in [0, 0.1) is 6.92 Å². The lowest BCUT2D eigenvalue weighted by Crippen LogP contribution is -2.40. The molecule has 0 spiro atoms. The van der Waals surface area contributed by atoms with Crippen molar-refractivity contribution in [1.29, 1.82) is 0 Å². The van der Waals surface area contributed by atoms with Crippen molar-refractivity contribution in [2.75, 3.05) is 26.3 Å². The highest BCUT2D eigenvalue weighted by Gasteiger charge is 2.24. The standard InChI is InChI=1S/C20H19Cl3N4O2/c1-11-9-15(22)24-19-18(11)25-16(26(19)2)10-13-14(21)4-3-12(17(13)23)20(28)27-5-7-29-8-6-27/h3-4,9H,5-8,10H2,1-2H3. The second-order valence-corrected chi connectivity index (χ2v) is 8.16. The van der Waals surface area contributed by atoms with E-state index in [9.17, 15) is 4.79 Å². The van der Waals surface area contributed by atoms with Gasteiger partial charge < -0.3 is 14.2 Å². The van der Waals surface area contributed by atoms with E-state index in [1.165, 1.54) is 0 Å². The number of halogens is 3. The zero-order valence-electron chi connectivity index (χ0n) is 16.0. The average molecular weight is 454 g/mol. The predicted octanol–water partition coefficient (Wildman–Crippen LogP) is 4.30. The number of imidazole rings is 1. The minimum Gasteiger partial charge on any atom is -0.378 e. The van der Waals surface area contributed by atoms with Gasteiger partial charge in [0.2, 0.25) is 0 Å². The Balaban J connectivity index is 1.72. The van der Waals surface area contributed by atoms with Crippen molar-refractivity contribution in [1.82, 2.24) is 19.4 Å². The fraction of sp³-hybridized carbons (Fsp3) is 0.350. The van der Waals surface area contributed by atoms with Crippen molar-refractivity contribution < 1.29 is 9.53 Å². The minimum atomic E-state index is -0.120. The predicted molar refractivity (Wildman–Crippen MR) is 114 cm³/mol. The highest BCUT2D eigenvalue weighted by molar-refractivity contribution is 6.38. The van der Waals surface area contributed by atoms with E-state index in [2.05, 4.69) is 4.98 Å². The number of benzene rings is 1. The van der Waals surface area contributed by atoms with Crippen molar-refractivity contribution in [3.05, 3.63) is 55.9 Å². The Morgan fingerprint density at radius 3 is 2.62 bits per heavy atom. The van der Waals surface area contributed by atoms with Crippen molar-refractivity contribution in [3.63, 3.8) is 0 Å². The molecule has 9 heteroatoms. The lowest BCUT2D eigenvalue weighted by atomic mass is 10.1. The molecule has 0 radical (unpaired) electrons. The molecule has 0 atom stereocenters. The van der Waals surface area contributed by atoms with E-state index in [4.69, 9.17) is 44.5 Å². The van der Waals surface area contributed by atoms with Crippen LogP contribution in [0.3, 0.4) is 0 Å². The Labute approximate surface area is 183 Å². The molecule has 0 saturated carbocycles. The van der Waals surface area contributed by atoms with Crippen molar-refractivity contribution in [2.45, 2.75) is 13.3 Å². The summed E-state index contributed by atoms with van der Waals surface area (Å²) in [6, 6.07) is 5.16. The summed E-state index contributed by atoms with van der Waals surface area (Å²) in [7, 11) is 1.87. The van der Waals surface area contributed by atoms with Crippen LogP contribution in [0.15, 0.2) is 18.2 Å². The molecule has 0 aliphatic carbocycles. The van der Waals surface area contributed by atoms with Crippen LogP contribution in [-0.4, -0.2) is 51.6 Å². The highest BCUT2D eigenvalue weighted by Crippen LogP contribution is 2.32. The molecule has 29 heavy (non-hydrogen) atoms. The first-order valence-corrected chi connectivity index (χ1v) is 10.3. The molecule has 1 aromatic carbocycles. The number of morpholine rings is 1. The van der Waals surface area contributed by atoms with Crippen molar-refractivity contribution in [3.8, 4) is 0 Å². The van der Waals surface area contributed by atoms with Gasteiger partial charge in [0.25, 0.3) is 5.91 Å². The van der Waals surface area contributed by atoms with Gasteiger partial charge in [0.05, 0.1) is 23.8 Å². The number of carbonyl (C=O) groups is 1. The van der Waals surface area contributed by atoms with Crippen LogP contribution in [0.5, 0.6) is 0 Å². The number of rotatable bonds is 3. The molecule has 152 valence electrons. The highest BCUT2D eigenvalue weighted by atomic mass is 35.5. The largest absolute Gasteiger partial charge is 0.378 e. The number of ether oxygens (including phenoxy) is 1. The zero-order valence-corrected chi connectivity index (χ0v) is 18.3. The van der Waals surface area contributed by atoms with E-state index >= 15 is 0 Å². The van der Waals surface area contributed by atoms with Crippen LogP contribution in [0.1, 0.15) is 27.3 Å². The average Bonchev–Trinajstić information content (AvgIpc) is 3.01. The molecule has 1 aliphatic rings. The first-order valence-electron chi connectivity index (χ1n) is 9.19. The van der Waals surface area contributed by atoms with Crippen LogP contribution in [0.4, 0.5) is 0 Å². The van der Waals surface area contributed by atoms with Gasteiger partial charge in [0.15, 0.2) is 5.65 Å². The van der Waals surface area contributed by atoms with Gasteiger partial charge in [-0.3, -0.25) is 4.79 Å². The monoisotopic (exact) mass is 452 g/mol. The van der Waals surface area contributed by atoms with Gasteiger partial charge in [-0.05, 0) is 36.2 Å². The summed E-state index contributed by atoms with van der Waals surface area (Å²) in [5, 5.41) is 1.26. The van der Waals surface area contributed by atoms with E-state index < -0.39 is 0 Å². The number of hydrogen-bond donors (Lipinski definition) is 0. The maximum absolute atomic E-state index is 12.9. The van der Waals surface area contributed by atoms with Gasteiger partial charge in [-0.25, -0.2) is 9.97 Å². The van der Waals surface area contributed by atoms with E-state index in [-0.39, 0.29) is 5.91 Å². The van der Waals surface area contributed by atoms with Gasteiger partial charge >= 0.3 is 0 Å². The summed E-state index contributed by atoms with van der Waals surface area (Å²) >= 11 is 19.2. The molecule has 0 N–H and O–H groups in total. The van der Waals surface area contributed by atoms with Crippen LogP contribution in [0.2, 0.25) is 15.2 Å². The maximum atomic E-state index is 12.9. The molecule has 3 heterocycles. The molecule has 1 saturated heterocycles. The molecule has 1 fully saturated rings. The normalized spacial score (nSPS) is 14.6. The third-order valence-electron chi connectivity index (χ3n) is 5.13. The van der Waals surface area contributed by atoms with E-state index in [1.807, 2.05) is 18.5 Å².